The molecule has 9 nitrogen and oxygen atoms in total. The number of nitrogens with zero attached hydrogens (tertiary/aromatic N) is 3. The molecular weight excluding hydrogens is 564 g/mol. The number of piperidine rings is 1. The molecule has 0 atom stereocenters. The number of likely N-dealkylation sites (tertiary alicyclic amines) is 1. The number of methoxy groups -OCH3 is 1. The summed E-state index contributed by atoms with van der Waals surface area (Å²) in [6, 6.07) is 6.79. The molecule has 41 heavy (non-hydrogen) atoms. The van der Waals surface area contributed by atoms with Gasteiger partial charge in [-0.25, -0.2) is 9.37 Å². The van der Waals surface area contributed by atoms with E-state index in [4.69, 9.17) is 15.2 Å². The van der Waals surface area contributed by atoms with Crippen molar-refractivity contribution in [3.05, 3.63) is 59.0 Å². The van der Waals surface area contributed by atoms with Gasteiger partial charge < -0.3 is 30.7 Å². The van der Waals surface area contributed by atoms with Crippen LogP contribution in [0.15, 0.2) is 36.5 Å². The number of carbonyl (C=O) groups is 1. The Morgan fingerprint density at radius 2 is 1.95 bits per heavy atom. The van der Waals surface area contributed by atoms with Gasteiger partial charge in [0.25, 0.3) is 5.91 Å². The van der Waals surface area contributed by atoms with Crippen molar-refractivity contribution >= 4 is 35.0 Å². The second kappa shape index (κ2) is 12.8. The number of nitrogens with one attached hydrogen (secondary N) is 2. The highest BCUT2D eigenvalue weighted by molar-refractivity contribution is 7.97. The second-order valence-electron chi connectivity index (χ2n) is 9.48. The van der Waals surface area contributed by atoms with Gasteiger partial charge in [-0.2, -0.15) is 29.9 Å². The number of halogens is 4. The van der Waals surface area contributed by atoms with Crippen LogP contribution in [0.5, 0.6) is 17.4 Å². The van der Waals surface area contributed by atoms with Crippen molar-refractivity contribution in [3.63, 3.8) is 0 Å². The third-order valence-corrected chi connectivity index (χ3v) is 7.14. The molecule has 2 heterocycles. The van der Waals surface area contributed by atoms with Gasteiger partial charge in [0.1, 0.15) is 22.9 Å². The van der Waals surface area contributed by atoms with E-state index >= 15 is 4.39 Å². The molecule has 1 aliphatic rings. The second-order valence-corrected chi connectivity index (χ2v) is 10.3. The lowest BCUT2D eigenvalue weighted by Crippen LogP contribution is -2.43. The van der Waals surface area contributed by atoms with Gasteiger partial charge in [-0.05, 0) is 57.4 Å². The van der Waals surface area contributed by atoms with Crippen LogP contribution in [0.25, 0.3) is 0 Å². The number of amides is 1. The molecule has 4 rings (SSSR count). The minimum absolute atomic E-state index is 0.00132. The number of nitrogens with two attached hydrogens (primary N) is 1. The number of anilines is 3. The number of nitrogen functional groups attached to an aromatic ring is 1. The molecule has 4 N–H and O–H groups in total. The fraction of sp³-hybridized carbons (Fsp3) is 0.370. The maximum atomic E-state index is 15.1. The summed E-state index contributed by atoms with van der Waals surface area (Å²) in [7, 11) is 3.30. The molecule has 0 saturated carbocycles. The van der Waals surface area contributed by atoms with Gasteiger partial charge >= 0.3 is 6.18 Å². The maximum absolute atomic E-state index is 15.1. The zero-order valence-corrected chi connectivity index (χ0v) is 23.5. The van der Waals surface area contributed by atoms with Crippen LogP contribution < -0.4 is 25.8 Å². The lowest BCUT2D eigenvalue weighted by Gasteiger charge is -2.29. The van der Waals surface area contributed by atoms with E-state index in [0.717, 1.165) is 32.0 Å². The van der Waals surface area contributed by atoms with Gasteiger partial charge in [0.05, 0.1) is 18.4 Å². The minimum Gasteiger partial charge on any atom is -0.495 e. The third-order valence-electron chi connectivity index (χ3n) is 6.56. The Balaban J connectivity index is 1.62. The number of alkyl halides is 3. The molecule has 1 amide bonds. The SMILES string of the molecule is COc1cc(C(=O)NC2CCN(C)CC2)c(F)cc1Nc1ncc(C(F)(F)F)c(Oc2cccc(N)c2CSC)n1. The highest BCUT2D eigenvalue weighted by Gasteiger charge is 2.37. The van der Waals surface area contributed by atoms with E-state index in [-0.39, 0.29) is 34.7 Å². The molecule has 1 aromatic heterocycles. The van der Waals surface area contributed by atoms with Crippen molar-refractivity contribution in [2.45, 2.75) is 30.8 Å². The number of aromatic nitrogens is 2. The first-order chi connectivity index (χ1) is 19.5. The summed E-state index contributed by atoms with van der Waals surface area (Å²) in [5.41, 5.74) is 5.45. The van der Waals surface area contributed by atoms with Crippen LogP contribution in [0.1, 0.15) is 34.3 Å². The van der Waals surface area contributed by atoms with Crippen LogP contribution in [0.3, 0.4) is 0 Å². The van der Waals surface area contributed by atoms with E-state index in [0.29, 0.717) is 23.2 Å². The van der Waals surface area contributed by atoms with Gasteiger partial charge in [-0.15, -0.1) is 0 Å². The fourth-order valence-corrected chi connectivity index (χ4v) is 4.91. The largest absolute Gasteiger partial charge is 0.495 e. The van der Waals surface area contributed by atoms with E-state index < -0.39 is 29.3 Å². The number of hydrogen-bond donors (Lipinski definition) is 3. The predicted molar refractivity (Wildman–Crippen MR) is 149 cm³/mol. The molecule has 0 aliphatic carbocycles. The molecule has 0 spiro atoms. The Hall–Kier alpha value is -3.78. The van der Waals surface area contributed by atoms with Gasteiger partial charge in [0.15, 0.2) is 0 Å². The Morgan fingerprint density at radius 1 is 1.22 bits per heavy atom. The molecule has 1 fully saturated rings. The van der Waals surface area contributed by atoms with E-state index in [2.05, 4.69) is 25.5 Å². The topological polar surface area (TPSA) is 115 Å². The molecule has 0 radical (unpaired) electrons. The predicted octanol–water partition coefficient (Wildman–Crippen LogP) is 5.45. The summed E-state index contributed by atoms with van der Waals surface area (Å²) in [4.78, 5) is 22.6. The summed E-state index contributed by atoms with van der Waals surface area (Å²) in [5, 5.41) is 5.52. The van der Waals surface area contributed by atoms with E-state index in [1.165, 1.54) is 31.0 Å². The summed E-state index contributed by atoms with van der Waals surface area (Å²) in [6.45, 7) is 1.63. The first-order valence-corrected chi connectivity index (χ1v) is 14.0. The lowest BCUT2D eigenvalue weighted by atomic mass is 10.0. The number of thioether (sulfide) groups is 1. The summed E-state index contributed by atoms with van der Waals surface area (Å²) in [6.07, 6.45) is -0.951. The average Bonchev–Trinajstić information content (AvgIpc) is 2.91. The Kier molecular flexibility index (Phi) is 9.43. The van der Waals surface area contributed by atoms with Crippen LogP contribution in [0.4, 0.5) is 34.9 Å². The summed E-state index contributed by atoms with van der Waals surface area (Å²) in [5.74, 6) is -1.97. The van der Waals surface area contributed by atoms with Crippen molar-refractivity contribution in [3.8, 4) is 17.4 Å². The van der Waals surface area contributed by atoms with Crippen molar-refractivity contribution in [1.29, 1.82) is 0 Å². The van der Waals surface area contributed by atoms with Crippen molar-refractivity contribution in [2.75, 3.05) is 44.6 Å². The van der Waals surface area contributed by atoms with Crippen LogP contribution in [-0.2, 0) is 11.9 Å². The lowest BCUT2D eigenvalue weighted by molar-refractivity contribution is -0.139. The van der Waals surface area contributed by atoms with Gasteiger partial charge in [-0.1, -0.05) is 6.07 Å². The van der Waals surface area contributed by atoms with Gasteiger partial charge in [0.2, 0.25) is 11.8 Å². The monoisotopic (exact) mass is 594 g/mol. The van der Waals surface area contributed by atoms with Crippen LogP contribution in [0.2, 0.25) is 0 Å². The number of carbonyl (C=O) groups excluding carboxylic acids is 1. The number of ether oxygens (including phenoxy) is 2. The molecular formula is C27H30F4N6O3S. The summed E-state index contributed by atoms with van der Waals surface area (Å²) < 4.78 is 67.4. The normalized spacial score (nSPS) is 14.5. The quantitative estimate of drug-likeness (QED) is 0.220. The molecule has 0 unspecified atom stereocenters. The first kappa shape index (κ1) is 30.2. The molecule has 2 aromatic carbocycles. The van der Waals surface area contributed by atoms with Gasteiger partial charge in [0, 0.05) is 35.3 Å². The fourth-order valence-electron chi connectivity index (χ4n) is 4.31. The molecule has 14 heteroatoms. The molecule has 0 bridgehead atoms. The Morgan fingerprint density at radius 3 is 2.61 bits per heavy atom. The van der Waals surface area contributed by atoms with E-state index in [1.54, 1.807) is 12.1 Å². The van der Waals surface area contributed by atoms with Crippen LogP contribution in [0, 0.1) is 5.82 Å². The maximum Gasteiger partial charge on any atom is 0.423 e. The van der Waals surface area contributed by atoms with E-state index in [1.807, 2.05) is 13.3 Å². The Labute approximate surface area is 238 Å². The molecule has 220 valence electrons. The zero-order chi connectivity index (χ0) is 29.7. The van der Waals surface area contributed by atoms with Crippen molar-refractivity contribution in [1.82, 2.24) is 20.2 Å². The zero-order valence-electron chi connectivity index (χ0n) is 22.6. The van der Waals surface area contributed by atoms with Crippen molar-refractivity contribution < 1.29 is 31.8 Å². The Bertz CT molecular complexity index is 1400. The van der Waals surface area contributed by atoms with E-state index in [9.17, 15) is 18.0 Å². The summed E-state index contributed by atoms with van der Waals surface area (Å²) >= 11 is 1.42. The standard InChI is InChI=1S/C27H30F4N6O3S/c1-37-9-7-15(8-10-37)34-24(38)16-11-23(39-2)21(12-19(16)28)35-26-33-13-18(27(29,30)31)25(36-26)40-22-6-4-5-20(32)17(22)14-41-3/h4-6,11-13,15H,7-10,14,32H2,1-3H3,(H,34,38)(H,33,35,36). The molecule has 1 saturated heterocycles. The average molecular weight is 595 g/mol. The number of benzene rings is 2. The number of rotatable bonds is 9. The van der Waals surface area contributed by atoms with Crippen LogP contribution in [-0.4, -0.2) is 60.3 Å². The van der Waals surface area contributed by atoms with Gasteiger partial charge in [-0.3, -0.25) is 4.79 Å². The number of hydrogen-bond acceptors (Lipinski definition) is 9. The van der Waals surface area contributed by atoms with Crippen LogP contribution >= 0.6 is 11.8 Å². The molecule has 1 aliphatic heterocycles. The van der Waals surface area contributed by atoms with Crippen molar-refractivity contribution in [2.24, 2.45) is 0 Å². The minimum atomic E-state index is -4.82. The highest BCUT2D eigenvalue weighted by atomic mass is 32.2. The smallest absolute Gasteiger partial charge is 0.423 e. The highest BCUT2D eigenvalue weighted by Crippen LogP contribution is 2.40. The first-order valence-electron chi connectivity index (χ1n) is 12.6. The third kappa shape index (κ3) is 7.30. The molecule has 3 aromatic rings.